The second kappa shape index (κ2) is 6.95. The number of aromatic nitrogens is 1. The Labute approximate surface area is 132 Å². The predicted octanol–water partition coefficient (Wildman–Crippen LogP) is 3.22. The maximum absolute atomic E-state index is 5.84. The van der Waals surface area contributed by atoms with E-state index in [4.69, 9.17) is 19.7 Å². The van der Waals surface area contributed by atoms with Gasteiger partial charge in [0.15, 0.2) is 11.5 Å². The molecule has 1 atom stereocenters. The Hall–Kier alpha value is -1.53. The van der Waals surface area contributed by atoms with Crippen molar-refractivity contribution in [2.24, 2.45) is 5.73 Å². The minimum absolute atomic E-state index is 0.0893. The molecule has 1 aromatic heterocycles. The molecule has 114 valence electrons. The lowest BCUT2D eigenvalue weighted by atomic mass is 10.1. The number of halogens is 1. The van der Waals surface area contributed by atoms with Crippen molar-refractivity contribution in [1.82, 2.24) is 5.16 Å². The van der Waals surface area contributed by atoms with E-state index >= 15 is 0 Å². The Balaban J connectivity index is 2.18. The molecular formula is C15H19BrN2O3. The Bertz CT molecular complexity index is 611. The van der Waals surface area contributed by atoms with Crippen molar-refractivity contribution in [3.05, 3.63) is 39.7 Å². The topological polar surface area (TPSA) is 70.5 Å². The molecule has 0 saturated heterocycles. The summed E-state index contributed by atoms with van der Waals surface area (Å²) in [7, 11) is 1.62. The van der Waals surface area contributed by atoms with Crippen LogP contribution >= 0.6 is 15.9 Å². The summed E-state index contributed by atoms with van der Waals surface area (Å²) in [6.45, 7) is 4.13. The number of nitrogens with zero attached hydrogens (tertiary/aromatic N) is 1. The quantitative estimate of drug-likeness (QED) is 0.862. The SMILES string of the molecule is COc1cc(CC(C)N)cc(Br)c1OCc1cc(C)on1. The van der Waals surface area contributed by atoms with E-state index in [2.05, 4.69) is 21.1 Å². The van der Waals surface area contributed by atoms with E-state index in [-0.39, 0.29) is 6.04 Å². The predicted molar refractivity (Wildman–Crippen MR) is 83.6 cm³/mol. The van der Waals surface area contributed by atoms with Gasteiger partial charge in [0.25, 0.3) is 0 Å². The molecule has 0 fully saturated rings. The van der Waals surface area contributed by atoms with Crippen LogP contribution in [0.25, 0.3) is 0 Å². The molecule has 0 amide bonds. The van der Waals surface area contributed by atoms with Crippen molar-refractivity contribution in [3.8, 4) is 11.5 Å². The molecule has 1 unspecified atom stereocenters. The van der Waals surface area contributed by atoms with Crippen LogP contribution in [-0.4, -0.2) is 18.3 Å². The van der Waals surface area contributed by atoms with Gasteiger partial charge in [-0.15, -0.1) is 0 Å². The van der Waals surface area contributed by atoms with Crippen LogP contribution in [0.3, 0.4) is 0 Å². The zero-order valence-corrected chi connectivity index (χ0v) is 13.9. The number of hydrogen-bond acceptors (Lipinski definition) is 5. The first-order valence-corrected chi connectivity index (χ1v) is 7.46. The number of ether oxygens (including phenoxy) is 2. The van der Waals surface area contributed by atoms with E-state index in [1.165, 1.54) is 0 Å². The third kappa shape index (κ3) is 4.22. The molecule has 6 heteroatoms. The molecule has 0 aliphatic heterocycles. The Morgan fingerprint density at radius 2 is 2.14 bits per heavy atom. The van der Waals surface area contributed by atoms with Crippen molar-refractivity contribution in [2.75, 3.05) is 7.11 Å². The van der Waals surface area contributed by atoms with Crippen LogP contribution in [0.4, 0.5) is 0 Å². The van der Waals surface area contributed by atoms with Gasteiger partial charge in [-0.25, -0.2) is 0 Å². The lowest BCUT2D eigenvalue weighted by Gasteiger charge is -2.14. The van der Waals surface area contributed by atoms with Crippen molar-refractivity contribution < 1.29 is 14.0 Å². The van der Waals surface area contributed by atoms with Gasteiger partial charge in [-0.1, -0.05) is 5.16 Å². The minimum atomic E-state index is 0.0893. The molecule has 0 aliphatic carbocycles. The molecule has 2 N–H and O–H groups in total. The van der Waals surface area contributed by atoms with E-state index in [0.29, 0.717) is 18.1 Å². The fraction of sp³-hybridized carbons (Fsp3) is 0.400. The highest BCUT2D eigenvalue weighted by molar-refractivity contribution is 9.10. The average molecular weight is 355 g/mol. The summed E-state index contributed by atoms with van der Waals surface area (Å²) in [5.41, 5.74) is 7.67. The summed E-state index contributed by atoms with van der Waals surface area (Å²) in [5, 5.41) is 3.90. The molecule has 0 bridgehead atoms. The molecule has 0 radical (unpaired) electrons. The summed E-state index contributed by atoms with van der Waals surface area (Å²) in [4.78, 5) is 0. The first-order chi connectivity index (χ1) is 9.99. The molecule has 21 heavy (non-hydrogen) atoms. The lowest BCUT2D eigenvalue weighted by molar-refractivity contribution is 0.269. The molecule has 0 spiro atoms. The molecule has 1 heterocycles. The average Bonchev–Trinajstić information content (AvgIpc) is 2.82. The van der Waals surface area contributed by atoms with Crippen LogP contribution in [-0.2, 0) is 13.0 Å². The van der Waals surface area contributed by atoms with Gasteiger partial charge in [0.1, 0.15) is 18.1 Å². The first kappa shape index (κ1) is 15.9. The maximum Gasteiger partial charge on any atom is 0.175 e. The Kier molecular flexibility index (Phi) is 5.25. The first-order valence-electron chi connectivity index (χ1n) is 6.66. The fourth-order valence-electron chi connectivity index (χ4n) is 2.04. The third-order valence-electron chi connectivity index (χ3n) is 2.89. The van der Waals surface area contributed by atoms with Crippen molar-refractivity contribution in [2.45, 2.75) is 32.9 Å². The van der Waals surface area contributed by atoms with Gasteiger partial charge in [-0.3, -0.25) is 0 Å². The van der Waals surface area contributed by atoms with Crippen LogP contribution in [0.1, 0.15) is 23.9 Å². The zero-order chi connectivity index (χ0) is 15.4. The maximum atomic E-state index is 5.84. The number of benzene rings is 1. The summed E-state index contributed by atoms with van der Waals surface area (Å²) < 4.78 is 17.0. The second-order valence-electron chi connectivity index (χ2n) is 5.01. The standard InChI is InChI=1S/C15H19BrN2O3/c1-9(17)4-11-6-13(16)15(14(7-11)19-3)20-8-12-5-10(2)21-18-12/h5-7,9H,4,8,17H2,1-3H3. The van der Waals surface area contributed by atoms with Gasteiger partial charge in [0.2, 0.25) is 0 Å². The van der Waals surface area contributed by atoms with Crippen LogP contribution in [0.2, 0.25) is 0 Å². The van der Waals surface area contributed by atoms with E-state index < -0.39 is 0 Å². The molecular weight excluding hydrogens is 336 g/mol. The highest BCUT2D eigenvalue weighted by Crippen LogP contribution is 2.37. The largest absolute Gasteiger partial charge is 0.493 e. The summed E-state index contributed by atoms with van der Waals surface area (Å²) in [6.07, 6.45) is 0.776. The summed E-state index contributed by atoms with van der Waals surface area (Å²) >= 11 is 3.52. The Morgan fingerprint density at radius 3 is 2.71 bits per heavy atom. The van der Waals surface area contributed by atoms with Crippen molar-refractivity contribution in [1.29, 1.82) is 0 Å². The molecule has 0 aliphatic rings. The molecule has 5 nitrogen and oxygen atoms in total. The lowest BCUT2D eigenvalue weighted by Crippen LogP contribution is -2.17. The zero-order valence-electron chi connectivity index (χ0n) is 12.4. The second-order valence-corrected chi connectivity index (χ2v) is 5.86. The fourth-order valence-corrected chi connectivity index (χ4v) is 2.64. The highest BCUT2D eigenvalue weighted by atomic mass is 79.9. The van der Waals surface area contributed by atoms with Crippen molar-refractivity contribution >= 4 is 15.9 Å². The van der Waals surface area contributed by atoms with Gasteiger partial charge < -0.3 is 19.7 Å². The van der Waals surface area contributed by atoms with Crippen LogP contribution in [0.5, 0.6) is 11.5 Å². The van der Waals surface area contributed by atoms with E-state index in [1.54, 1.807) is 7.11 Å². The number of nitrogens with two attached hydrogens (primary N) is 1. The molecule has 2 aromatic rings. The number of methoxy groups -OCH3 is 1. The normalized spacial score (nSPS) is 12.2. The van der Waals surface area contributed by atoms with E-state index in [1.807, 2.05) is 32.0 Å². The molecule has 1 aromatic carbocycles. The van der Waals surface area contributed by atoms with E-state index in [9.17, 15) is 0 Å². The van der Waals surface area contributed by atoms with E-state index in [0.717, 1.165) is 27.9 Å². The van der Waals surface area contributed by atoms with Gasteiger partial charge in [0.05, 0.1) is 11.6 Å². The summed E-state index contributed by atoms with van der Waals surface area (Å²) in [5.74, 6) is 2.07. The molecule has 0 saturated carbocycles. The van der Waals surface area contributed by atoms with Gasteiger partial charge in [-0.2, -0.15) is 0 Å². The third-order valence-corrected chi connectivity index (χ3v) is 3.48. The molecule has 2 rings (SSSR count). The number of aryl methyl sites for hydroxylation is 1. The number of hydrogen-bond donors (Lipinski definition) is 1. The highest BCUT2D eigenvalue weighted by Gasteiger charge is 2.13. The van der Waals surface area contributed by atoms with Crippen LogP contribution in [0.15, 0.2) is 27.2 Å². The summed E-state index contributed by atoms with van der Waals surface area (Å²) in [6, 6.07) is 5.86. The van der Waals surface area contributed by atoms with Gasteiger partial charge in [0, 0.05) is 12.1 Å². The van der Waals surface area contributed by atoms with Gasteiger partial charge in [-0.05, 0) is 53.9 Å². The van der Waals surface area contributed by atoms with Crippen LogP contribution in [0, 0.1) is 6.92 Å². The monoisotopic (exact) mass is 354 g/mol. The minimum Gasteiger partial charge on any atom is -0.493 e. The van der Waals surface area contributed by atoms with Crippen LogP contribution < -0.4 is 15.2 Å². The Morgan fingerprint density at radius 1 is 1.38 bits per heavy atom. The van der Waals surface area contributed by atoms with Crippen molar-refractivity contribution in [3.63, 3.8) is 0 Å². The number of rotatable bonds is 6. The smallest absolute Gasteiger partial charge is 0.175 e. The van der Waals surface area contributed by atoms with Gasteiger partial charge >= 0.3 is 0 Å².